The summed E-state index contributed by atoms with van der Waals surface area (Å²) in [7, 11) is 0. The second-order valence-electron chi connectivity index (χ2n) is 3.27. The van der Waals surface area contributed by atoms with Gasteiger partial charge in [-0.3, -0.25) is 4.99 Å². The van der Waals surface area contributed by atoms with Gasteiger partial charge >= 0.3 is 26.2 Å². The second kappa shape index (κ2) is 9.94. The van der Waals surface area contributed by atoms with Crippen LogP contribution < -0.4 is 0 Å². The predicted octanol–water partition coefficient (Wildman–Crippen LogP) is 4.69. The fourth-order valence-electron chi connectivity index (χ4n) is 1.29. The summed E-state index contributed by atoms with van der Waals surface area (Å²) < 4.78 is 0. The van der Waals surface area contributed by atoms with E-state index >= 15 is 0 Å². The molecule has 4 heteroatoms. The molecule has 19 heavy (non-hydrogen) atoms. The van der Waals surface area contributed by atoms with Crippen molar-refractivity contribution < 1.29 is 31.3 Å². The minimum Gasteiger partial charge on any atom is -0.506 e. The minimum absolute atomic E-state index is 0. The van der Waals surface area contributed by atoms with E-state index in [0.717, 1.165) is 5.69 Å². The molecule has 2 nitrogen and oxygen atoms in total. The Hall–Kier alpha value is -0.917. The molecular formula is C15H16ClNOZr. The van der Waals surface area contributed by atoms with Crippen LogP contribution in [0.4, 0.5) is 5.69 Å². The Balaban J connectivity index is 0. The molecule has 2 aromatic rings. The molecule has 0 fully saturated rings. The molecule has 0 aliphatic carbocycles. The van der Waals surface area contributed by atoms with Crippen molar-refractivity contribution in [2.24, 2.45) is 4.99 Å². The second-order valence-corrected chi connectivity index (χ2v) is 3.68. The van der Waals surface area contributed by atoms with Crippen LogP contribution >= 0.6 is 11.6 Å². The number of phenolic OH excluding ortho intramolecular Hbond substituents is 1. The average Bonchev–Trinajstić information content (AvgIpc) is 2.32. The number of hydrogen-bond donors (Lipinski definition) is 1. The molecule has 0 aliphatic heterocycles. The van der Waals surface area contributed by atoms with Gasteiger partial charge < -0.3 is 20.0 Å². The van der Waals surface area contributed by atoms with Crippen LogP contribution in [0, 0.1) is 14.9 Å². The third-order valence-electron chi connectivity index (χ3n) is 2.13. The molecule has 0 saturated heterocycles. The first kappa shape index (κ1) is 20.4. The van der Waals surface area contributed by atoms with Gasteiger partial charge in [0.1, 0.15) is 5.75 Å². The monoisotopic (exact) mass is 351 g/mol. The Morgan fingerprint density at radius 1 is 0.947 bits per heavy atom. The first-order valence-electron chi connectivity index (χ1n) is 4.84. The van der Waals surface area contributed by atoms with Crippen molar-refractivity contribution in [3.05, 3.63) is 74.0 Å². The number of aliphatic imine (C=N–C) groups is 1. The molecule has 0 unspecified atom stereocenters. The average molecular weight is 353 g/mol. The third kappa shape index (κ3) is 5.71. The molecule has 0 aliphatic rings. The molecule has 0 radical (unpaired) electrons. The maximum atomic E-state index is 9.65. The van der Waals surface area contributed by atoms with Crippen LogP contribution in [0.2, 0.25) is 5.02 Å². The summed E-state index contributed by atoms with van der Waals surface area (Å²) in [6.07, 6.45) is 1.59. The zero-order valence-corrected chi connectivity index (χ0v) is 14.2. The van der Waals surface area contributed by atoms with E-state index in [-0.39, 0.29) is 46.8 Å². The van der Waals surface area contributed by atoms with Gasteiger partial charge in [-0.2, -0.15) is 0 Å². The summed E-state index contributed by atoms with van der Waals surface area (Å²) in [5.41, 5.74) is 1.44. The van der Waals surface area contributed by atoms with Crippen molar-refractivity contribution >= 4 is 23.5 Å². The molecule has 0 heterocycles. The van der Waals surface area contributed by atoms with Crippen LogP contribution in [0.1, 0.15) is 5.56 Å². The summed E-state index contributed by atoms with van der Waals surface area (Å²) >= 11 is 5.78. The molecule has 1 N–H and O–H groups in total. The van der Waals surface area contributed by atoms with E-state index in [9.17, 15) is 5.11 Å². The molecule has 0 spiro atoms. The Morgan fingerprint density at radius 3 is 2.21 bits per heavy atom. The van der Waals surface area contributed by atoms with Crippen LogP contribution in [0.5, 0.6) is 5.75 Å². The number of aromatic hydroxyl groups is 1. The molecular weight excluding hydrogens is 337 g/mol. The number of hydrogen-bond acceptors (Lipinski definition) is 2. The quantitative estimate of drug-likeness (QED) is 0.617. The fraction of sp³-hybridized carbons (Fsp3) is 0. The Bertz CT molecular complexity index is 515. The Labute approximate surface area is 139 Å². The van der Waals surface area contributed by atoms with E-state index in [1.807, 2.05) is 30.3 Å². The van der Waals surface area contributed by atoms with Gasteiger partial charge in [0.15, 0.2) is 0 Å². The van der Waals surface area contributed by atoms with Gasteiger partial charge in [-0.1, -0.05) is 35.9 Å². The Kier molecular flexibility index (Phi) is 10.7. The third-order valence-corrected chi connectivity index (χ3v) is 2.43. The zero-order chi connectivity index (χ0) is 11.4. The zero-order valence-electron chi connectivity index (χ0n) is 11.0. The van der Waals surface area contributed by atoms with Crippen molar-refractivity contribution in [1.29, 1.82) is 0 Å². The smallest absolute Gasteiger partial charge is 0.506 e. The van der Waals surface area contributed by atoms with Crippen molar-refractivity contribution in [1.82, 2.24) is 0 Å². The summed E-state index contributed by atoms with van der Waals surface area (Å²) in [4.78, 5) is 4.23. The van der Waals surface area contributed by atoms with Gasteiger partial charge in [0, 0.05) is 11.8 Å². The fourth-order valence-corrected chi connectivity index (χ4v) is 1.48. The topological polar surface area (TPSA) is 32.6 Å². The van der Waals surface area contributed by atoms with Crippen LogP contribution in [0.25, 0.3) is 0 Å². The van der Waals surface area contributed by atoms with E-state index in [0.29, 0.717) is 10.6 Å². The molecule has 0 atom stereocenters. The van der Waals surface area contributed by atoms with Crippen molar-refractivity contribution in [3.63, 3.8) is 0 Å². The van der Waals surface area contributed by atoms with Gasteiger partial charge in [-0.25, -0.2) is 0 Å². The number of rotatable bonds is 2. The van der Waals surface area contributed by atoms with E-state index < -0.39 is 0 Å². The van der Waals surface area contributed by atoms with Crippen LogP contribution in [-0.2, 0) is 26.2 Å². The number of halogens is 1. The first-order chi connectivity index (χ1) is 7.77. The number of phenols is 1. The van der Waals surface area contributed by atoms with Gasteiger partial charge in [0.25, 0.3) is 0 Å². The van der Waals surface area contributed by atoms with E-state index in [1.54, 1.807) is 24.4 Å². The predicted molar refractivity (Wildman–Crippen MR) is 79.6 cm³/mol. The molecule has 0 aromatic heterocycles. The number of nitrogens with zero attached hydrogens (tertiary/aromatic N) is 1. The van der Waals surface area contributed by atoms with Gasteiger partial charge in [0.05, 0.1) is 10.7 Å². The van der Waals surface area contributed by atoms with Crippen molar-refractivity contribution in [2.45, 2.75) is 0 Å². The van der Waals surface area contributed by atoms with Crippen LogP contribution in [0.3, 0.4) is 0 Å². The first-order valence-corrected chi connectivity index (χ1v) is 5.22. The standard InChI is InChI=1S/C13H10ClNO.2CH3.Zr/c14-12-8-4-5-10(13(12)16)9-15-11-6-2-1-3-7-11;;;/h1-9,16H;2*1H3;/q;2*-1;+2. The van der Waals surface area contributed by atoms with E-state index in [1.165, 1.54) is 0 Å². The maximum absolute atomic E-state index is 9.65. The van der Waals surface area contributed by atoms with Crippen molar-refractivity contribution in [3.8, 4) is 5.75 Å². The van der Waals surface area contributed by atoms with Gasteiger partial charge in [-0.15, -0.1) is 0 Å². The van der Waals surface area contributed by atoms with E-state index in [4.69, 9.17) is 11.6 Å². The molecule has 0 bridgehead atoms. The minimum atomic E-state index is 0. The summed E-state index contributed by atoms with van der Waals surface area (Å²) in [5, 5.41) is 9.98. The van der Waals surface area contributed by atoms with Crippen LogP contribution in [-0.4, -0.2) is 11.3 Å². The Morgan fingerprint density at radius 2 is 1.58 bits per heavy atom. The normalized spacial score (nSPS) is 9.11. The largest absolute Gasteiger partial charge is 2.00 e. The molecule has 2 aromatic carbocycles. The van der Waals surface area contributed by atoms with Crippen molar-refractivity contribution in [2.75, 3.05) is 0 Å². The molecule has 0 amide bonds. The summed E-state index contributed by atoms with van der Waals surface area (Å²) in [6.45, 7) is 0. The summed E-state index contributed by atoms with van der Waals surface area (Å²) in [5.74, 6) is 0.0591. The molecule has 98 valence electrons. The maximum Gasteiger partial charge on any atom is 2.00 e. The summed E-state index contributed by atoms with van der Waals surface area (Å²) in [6, 6.07) is 14.7. The number of benzene rings is 2. The molecule has 2 rings (SSSR count). The SMILES string of the molecule is Oc1c(Cl)cccc1C=Nc1ccccc1.[CH3-].[CH3-].[Zr+2]. The number of para-hydroxylation sites is 2. The van der Waals surface area contributed by atoms with Gasteiger partial charge in [-0.05, 0) is 24.3 Å². The van der Waals surface area contributed by atoms with E-state index in [2.05, 4.69) is 4.99 Å². The van der Waals surface area contributed by atoms with Crippen LogP contribution in [0.15, 0.2) is 53.5 Å². The molecule has 0 saturated carbocycles. The van der Waals surface area contributed by atoms with Gasteiger partial charge in [0.2, 0.25) is 0 Å².